The van der Waals surface area contributed by atoms with Crippen LogP contribution in [0.4, 0.5) is 4.39 Å². The molecule has 0 saturated carbocycles. The zero-order chi connectivity index (χ0) is 11.6. The first-order chi connectivity index (χ1) is 6.83. The normalized spacial score (nSPS) is 11.5. The minimum absolute atomic E-state index is 0.0898. The number of hydrogen-bond donors (Lipinski definition) is 1. The number of methoxy groups -OCH3 is 1. The second-order valence-electron chi connectivity index (χ2n) is 2.89. The van der Waals surface area contributed by atoms with E-state index in [4.69, 9.17) is 21.5 Å². The summed E-state index contributed by atoms with van der Waals surface area (Å²) in [4.78, 5) is 0. The topological polar surface area (TPSA) is 69.4 Å². The molecule has 2 N–H and O–H groups in total. The minimum atomic E-state index is -3.75. The Morgan fingerprint density at radius 1 is 1.53 bits per heavy atom. The van der Waals surface area contributed by atoms with Crippen molar-refractivity contribution in [2.24, 2.45) is 5.14 Å². The Labute approximate surface area is 91.8 Å². The van der Waals surface area contributed by atoms with Crippen molar-refractivity contribution in [2.75, 3.05) is 7.11 Å². The molecule has 1 aromatic carbocycles. The molecule has 0 spiro atoms. The summed E-state index contributed by atoms with van der Waals surface area (Å²) in [6.07, 6.45) is 0. The number of nitrogens with two attached hydrogens (primary N) is 1. The summed E-state index contributed by atoms with van der Waals surface area (Å²) in [6, 6.07) is 2.33. The van der Waals surface area contributed by atoms with Crippen LogP contribution in [-0.4, -0.2) is 15.5 Å². The van der Waals surface area contributed by atoms with Crippen LogP contribution >= 0.6 is 11.6 Å². The van der Waals surface area contributed by atoms with E-state index in [1.165, 1.54) is 13.2 Å². The molecule has 84 valence electrons. The van der Waals surface area contributed by atoms with E-state index in [2.05, 4.69) is 0 Å². The van der Waals surface area contributed by atoms with Crippen LogP contribution in [0.15, 0.2) is 12.1 Å². The molecular formula is C8H9ClFNO3S. The first-order valence-corrected chi connectivity index (χ1v) is 5.95. The number of benzene rings is 1. The molecule has 0 saturated heterocycles. The van der Waals surface area contributed by atoms with Crippen molar-refractivity contribution in [3.05, 3.63) is 28.5 Å². The molecule has 0 heterocycles. The maximum atomic E-state index is 13.2. The van der Waals surface area contributed by atoms with E-state index in [1.54, 1.807) is 0 Å². The third-order valence-corrected chi connectivity index (χ3v) is 2.58. The number of primary sulfonamides is 1. The van der Waals surface area contributed by atoms with Gasteiger partial charge in [-0.3, -0.25) is 0 Å². The average Bonchev–Trinajstić information content (AvgIpc) is 1.99. The number of halogens is 2. The van der Waals surface area contributed by atoms with E-state index in [-0.39, 0.29) is 16.3 Å². The summed E-state index contributed by atoms with van der Waals surface area (Å²) in [6.45, 7) is 0. The van der Waals surface area contributed by atoms with Crippen LogP contribution in [0, 0.1) is 5.82 Å². The molecule has 4 nitrogen and oxygen atoms in total. The van der Waals surface area contributed by atoms with E-state index in [1.807, 2.05) is 0 Å². The first-order valence-electron chi connectivity index (χ1n) is 3.86. The SMILES string of the molecule is COc1c(F)cc(Cl)cc1CS(N)(=O)=O. The van der Waals surface area contributed by atoms with Crippen LogP contribution in [0.3, 0.4) is 0 Å². The molecule has 15 heavy (non-hydrogen) atoms. The van der Waals surface area contributed by atoms with Gasteiger partial charge in [0, 0.05) is 10.6 Å². The third-order valence-electron chi connectivity index (χ3n) is 1.65. The van der Waals surface area contributed by atoms with Gasteiger partial charge < -0.3 is 4.74 Å². The van der Waals surface area contributed by atoms with Crippen molar-refractivity contribution >= 4 is 21.6 Å². The van der Waals surface area contributed by atoms with Crippen LogP contribution in [0.25, 0.3) is 0 Å². The molecule has 0 aliphatic rings. The van der Waals surface area contributed by atoms with Gasteiger partial charge in [0.05, 0.1) is 12.9 Å². The lowest BCUT2D eigenvalue weighted by molar-refractivity contribution is 0.383. The molecule has 0 amide bonds. The summed E-state index contributed by atoms with van der Waals surface area (Å²) >= 11 is 5.58. The van der Waals surface area contributed by atoms with Gasteiger partial charge in [0.1, 0.15) is 0 Å². The van der Waals surface area contributed by atoms with Crippen molar-refractivity contribution < 1.29 is 17.5 Å². The first kappa shape index (κ1) is 12.2. The Hall–Kier alpha value is -0.850. The smallest absolute Gasteiger partial charge is 0.213 e. The Morgan fingerprint density at radius 2 is 2.13 bits per heavy atom. The summed E-state index contributed by atoms with van der Waals surface area (Å²) in [7, 11) is -2.51. The van der Waals surface area contributed by atoms with Gasteiger partial charge in [-0.25, -0.2) is 17.9 Å². The van der Waals surface area contributed by atoms with Gasteiger partial charge >= 0.3 is 0 Å². The maximum absolute atomic E-state index is 13.2. The predicted molar refractivity (Wildman–Crippen MR) is 54.8 cm³/mol. The molecule has 0 radical (unpaired) electrons. The van der Waals surface area contributed by atoms with Crippen LogP contribution in [0.5, 0.6) is 5.75 Å². The van der Waals surface area contributed by atoms with Crippen LogP contribution in [-0.2, 0) is 15.8 Å². The van der Waals surface area contributed by atoms with Gasteiger partial charge in [-0.15, -0.1) is 0 Å². The lowest BCUT2D eigenvalue weighted by Crippen LogP contribution is -2.15. The van der Waals surface area contributed by atoms with Gasteiger partial charge in [0.2, 0.25) is 10.0 Å². The van der Waals surface area contributed by atoms with E-state index >= 15 is 0 Å². The Kier molecular flexibility index (Phi) is 3.54. The fourth-order valence-electron chi connectivity index (χ4n) is 1.17. The highest BCUT2D eigenvalue weighted by molar-refractivity contribution is 7.88. The molecule has 0 bridgehead atoms. The molecule has 1 aromatic rings. The molecule has 7 heteroatoms. The second-order valence-corrected chi connectivity index (χ2v) is 4.94. The highest BCUT2D eigenvalue weighted by Crippen LogP contribution is 2.27. The van der Waals surface area contributed by atoms with Crippen molar-refractivity contribution in [3.8, 4) is 5.75 Å². The standard InChI is InChI=1S/C8H9ClFNO3S/c1-14-8-5(4-15(11,12)13)2-6(9)3-7(8)10/h2-3H,4H2,1H3,(H2,11,12,13). The van der Waals surface area contributed by atoms with Gasteiger partial charge in [-0.05, 0) is 12.1 Å². The molecule has 0 unspecified atom stereocenters. The largest absolute Gasteiger partial charge is 0.493 e. The number of ether oxygens (including phenoxy) is 1. The fraction of sp³-hybridized carbons (Fsp3) is 0.250. The van der Waals surface area contributed by atoms with Crippen LogP contribution in [0.2, 0.25) is 5.02 Å². The molecule has 0 fully saturated rings. The lowest BCUT2D eigenvalue weighted by Gasteiger charge is -2.08. The Morgan fingerprint density at radius 3 is 2.60 bits per heavy atom. The molecule has 0 aromatic heterocycles. The highest BCUT2D eigenvalue weighted by atomic mass is 35.5. The van der Waals surface area contributed by atoms with Crippen molar-refractivity contribution in [3.63, 3.8) is 0 Å². The van der Waals surface area contributed by atoms with Crippen molar-refractivity contribution in [1.82, 2.24) is 0 Å². The molecule has 0 aliphatic carbocycles. The van der Waals surface area contributed by atoms with Gasteiger partial charge in [-0.1, -0.05) is 11.6 Å². The summed E-state index contributed by atoms with van der Waals surface area (Å²) in [5.74, 6) is -1.40. The zero-order valence-electron chi connectivity index (χ0n) is 7.83. The van der Waals surface area contributed by atoms with E-state index in [9.17, 15) is 12.8 Å². The summed E-state index contributed by atoms with van der Waals surface area (Å²) < 4.78 is 39.7. The summed E-state index contributed by atoms with van der Waals surface area (Å²) in [5, 5.41) is 4.93. The van der Waals surface area contributed by atoms with Gasteiger partial charge in [0.25, 0.3) is 0 Å². The van der Waals surface area contributed by atoms with E-state index in [0.29, 0.717) is 0 Å². The third kappa shape index (κ3) is 3.33. The highest BCUT2D eigenvalue weighted by Gasteiger charge is 2.15. The minimum Gasteiger partial charge on any atom is -0.493 e. The summed E-state index contributed by atoms with van der Waals surface area (Å²) in [5.41, 5.74) is 0.102. The molecule has 0 atom stereocenters. The molecule has 0 aliphatic heterocycles. The zero-order valence-corrected chi connectivity index (χ0v) is 9.40. The van der Waals surface area contributed by atoms with Crippen molar-refractivity contribution in [2.45, 2.75) is 5.75 Å². The van der Waals surface area contributed by atoms with Crippen LogP contribution in [0.1, 0.15) is 5.56 Å². The Balaban J connectivity index is 3.27. The second kappa shape index (κ2) is 4.34. The van der Waals surface area contributed by atoms with E-state index < -0.39 is 21.6 Å². The number of rotatable bonds is 3. The molecule has 1 rings (SSSR count). The number of sulfonamides is 1. The fourth-order valence-corrected chi connectivity index (χ4v) is 2.04. The maximum Gasteiger partial charge on any atom is 0.213 e. The van der Waals surface area contributed by atoms with Crippen molar-refractivity contribution in [1.29, 1.82) is 0 Å². The van der Waals surface area contributed by atoms with Crippen LogP contribution < -0.4 is 9.88 Å². The van der Waals surface area contributed by atoms with E-state index in [0.717, 1.165) is 6.07 Å². The monoisotopic (exact) mass is 253 g/mol. The molecular weight excluding hydrogens is 245 g/mol. The predicted octanol–water partition coefficient (Wildman–Crippen LogP) is 1.28. The Bertz CT molecular complexity index is 475. The lowest BCUT2D eigenvalue weighted by atomic mass is 10.2. The quantitative estimate of drug-likeness (QED) is 0.882. The average molecular weight is 254 g/mol. The number of hydrogen-bond acceptors (Lipinski definition) is 3. The van der Waals surface area contributed by atoms with Gasteiger partial charge in [0.15, 0.2) is 11.6 Å². The van der Waals surface area contributed by atoms with Gasteiger partial charge in [-0.2, -0.15) is 0 Å².